The molecule has 4 nitrogen and oxygen atoms in total. The van der Waals surface area contributed by atoms with Gasteiger partial charge in [0, 0.05) is 17.8 Å². The van der Waals surface area contributed by atoms with Crippen LogP contribution in [0.3, 0.4) is 0 Å². The average Bonchev–Trinajstić information content (AvgIpc) is 2.38. The van der Waals surface area contributed by atoms with Gasteiger partial charge in [0.05, 0.1) is 12.3 Å². The van der Waals surface area contributed by atoms with Crippen molar-refractivity contribution < 1.29 is 5.11 Å². The molecule has 0 fully saturated rings. The Balaban J connectivity index is 2.05. The van der Waals surface area contributed by atoms with Crippen molar-refractivity contribution in [2.45, 2.75) is 13.2 Å². The summed E-state index contributed by atoms with van der Waals surface area (Å²) in [5, 5.41) is 12.7. The maximum Gasteiger partial charge on any atom is 0.223 e. The van der Waals surface area contributed by atoms with E-state index in [2.05, 4.69) is 15.3 Å². The molecule has 2 aromatic rings. The molecular formula is C12H12ClN3O. The Kier molecular flexibility index (Phi) is 3.90. The first kappa shape index (κ1) is 11.8. The minimum Gasteiger partial charge on any atom is -0.390 e. The molecule has 88 valence electrons. The molecule has 2 rings (SSSR count). The third kappa shape index (κ3) is 3.15. The fourth-order valence-corrected chi connectivity index (χ4v) is 1.59. The molecular weight excluding hydrogens is 238 g/mol. The van der Waals surface area contributed by atoms with Crippen LogP contribution in [-0.4, -0.2) is 15.1 Å². The lowest BCUT2D eigenvalue weighted by atomic mass is 10.2. The van der Waals surface area contributed by atoms with Gasteiger partial charge in [0.25, 0.3) is 0 Å². The second-order valence-electron chi connectivity index (χ2n) is 3.47. The molecule has 1 aromatic carbocycles. The van der Waals surface area contributed by atoms with E-state index >= 15 is 0 Å². The van der Waals surface area contributed by atoms with Crippen LogP contribution in [-0.2, 0) is 13.2 Å². The highest BCUT2D eigenvalue weighted by atomic mass is 35.5. The first-order chi connectivity index (χ1) is 8.29. The molecule has 0 saturated carbocycles. The highest BCUT2D eigenvalue weighted by Crippen LogP contribution is 2.15. The maximum atomic E-state index is 8.95. The lowest BCUT2D eigenvalue weighted by Crippen LogP contribution is -2.05. The summed E-state index contributed by atoms with van der Waals surface area (Å²) < 4.78 is 0. The number of hydrogen-bond donors (Lipinski definition) is 2. The number of nitrogens with one attached hydrogen (secondary N) is 1. The van der Waals surface area contributed by atoms with Crippen molar-refractivity contribution in [3.8, 4) is 0 Å². The number of aromatic nitrogens is 2. The van der Waals surface area contributed by atoms with Gasteiger partial charge in [0.1, 0.15) is 0 Å². The standard InChI is InChI=1S/C12H12ClN3O/c13-11-4-2-1-3-9(11)7-15-12-14-6-5-10(8-17)16-12/h1-6,17H,7-8H2,(H,14,15,16). The summed E-state index contributed by atoms with van der Waals surface area (Å²) in [5.41, 5.74) is 1.56. The molecule has 0 aliphatic rings. The lowest BCUT2D eigenvalue weighted by Gasteiger charge is -2.06. The Morgan fingerprint density at radius 2 is 2.06 bits per heavy atom. The van der Waals surface area contributed by atoms with Crippen LogP contribution in [0.5, 0.6) is 0 Å². The summed E-state index contributed by atoms with van der Waals surface area (Å²) >= 11 is 6.03. The number of nitrogens with zero attached hydrogens (tertiary/aromatic N) is 2. The zero-order valence-electron chi connectivity index (χ0n) is 9.10. The molecule has 0 radical (unpaired) electrons. The number of benzene rings is 1. The van der Waals surface area contributed by atoms with Crippen LogP contribution in [0.4, 0.5) is 5.95 Å². The molecule has 2 N–H and O–H groups in total. The van der Waals surface area contributed by atoms with E-state index in [-0.39, 0.29) is 6.61 Å². The zero-order chi connectivity index (χ0) is 12.1. The van der Waals surface area contributed by atoms with Gasteiger partial charge in [-0.2, -0.15) is 0 Å². The van der Waals surface area contributed by atoms with Crippen molar-refractivity contribution in [3.63, 3.8) is 0 Å². The zero-order valence-corrected chi connectivity index (χ0v) is 9.85. The minimum atomic E-state index is -0.0940. The van der Waals surface area contributed by atoms with Crippen molar-refractivity contribution in [2.75, 3.05) is 5.32 Å². The third-order valence-corrected chi connectivity index (χ3v) is 2.64. The highest BCUT2D eigenvalue weighted by molar-refractivity contribution is 6.31. The van der Waals surface area contributed by atoms with Gasteiger partial charge in [-0.05, 0) is 17.7 Å². The second kappa shape index (κ2) is 5.61. The van der Waals surface area contributed by atoms with Gasteiger partial charge in [0.15, 0.2) is 0 Å². The molecule has 1 heterocycles. The van der Waals surface area contributed by atoms with E-state index in [1.165, 1.54) is 0 Å². The van der Waals surface area contributed by atoms with Gasteiger partial charge < -0.3 is 10.4 Å². The summed E-state index contributed by atoms with van der Waals surface area (Å²) in [4.78, 5) is 8.18. The van der Waals surface area contributed by atoms with Crippen LogP contribution in [0.2, 0.25) is 5.02 Å². The molecule has 0 aliphatic carbocycles. The predicted molar refractivity (Wildman–Crippen MR) is 66.7 cm³/mol. The summed E-state index contributed by atoms with van der Waals surface area (Å²) in [7, 11) is 0. The molecule has 17 heavy (non-hydrogen) atoms. The highest BCUT2D eigenvalue weighted by Gasteiger charge is 2.01. The molecule has 0 unspecified atom stereocenters. The van der Waals surface area contributed by atoms with Crippen LogP contribution in [0.1, 0.15) is 11.3 Å². The van der Waals surface area contributed by atoms with E-state index in [9.17, 15) is 0 Å². The lowest BCUT2D eigenvalue weighted by molar-refractivity contribution is 0.277. The maximum absolute atomic E-state index is 8.95. The first-order valence-corrected chi connectivity index (χ1v) is 5.57. The van der Waals surface area contributed by atoms with Gasteiger partial charge in [-0.15, -0.1) is 0 Å². The Hall–Kier alpha value is -1.65. The van der Waals surface area contributed by atoms with Crippen LogP contribution in [0, 0.1) is 0 Å². The van der Waals surface area contributed by atoms with Crippen LogP contribution in [0.15, 0.2) is 36.5 Å². The van der Waals surface area contributed by atoms with Crippen molar-refractivity contribution in [2.24, 2.45) is 0 Å². The van der Waals surface area contributed by atoms with E-state index in [1.807, 2.05) is 24.3 Å². The molecule has 0 spiro atoms. The molecule has 0 atom stereocenters. The molecule has 0 saturated heterocycles. The fraction of sp³-hybridized carbons (Fsp3) is 0.167. The average molecular weight is 250 g/mol. The number of aliphatic hydroxyl groups is 1. The molecule has 5 heteroatoms. The van der Waals surface area contributed by atoms with Crippen molar-refractivity contribution in [1.82, 2.24) is 9.97 Å². The normalized spacial score (nSPS) is 10.2. The van der Waals surface area contributed by atoms with Gasteiger partial charge >= 0.3 is 0 Å². The van der Waals surface area contributed by atoms with Crippen LogP contribution in [0.25, 0.3) is 0 Å². The molecule has 0 bridgehead atoms. The van der Waals surface area contributed by atoms with E-state index in [1.54, 1.807) is 12.3 Å². The Labute approximate surface area is 104 Å². The van der Waals surface area contributed by atoms with E-state index in [0.29, 0.717) is 23.2 Å². The topological polar surface area (TPSA) is 58.0 Å². The number of halogens is 1. The first-order valence-electron chi connectivity index (χ1n) is 5.19. The van der Waals surface area contributed by atoms with Crippen molar-refractivity contribution in [3.05, 3.63) is 52.8 Å². The third-order valence-electron chi connectivity index (χ3n) is 2.27. The van der Waals surface area contributed by atoms with Gasteiger partial charge in [-0.1, -0.05) is 29.8 Å². The molecule has 0 aliphatic heterocycles. The Morgan fingerprint density at radius 3 is 2.82 bits per heavy atom. The summed E-state index contributed by atoms with van der Waals surface area (Å²) in [6.07, 6.45) is 1.60. The Morgan fingerprint density at radius 1 is 1.24 bits per heavy atom. The van der Waals surface area contributed by atoms with E-state index in [0.717, 1.165) is 5.56 Å². The monoisotopic (exact) mass is 249 g/mol. The summed E-state index contributed by atoms with van der Waals surface area (Å²) in [6, 6.07) is 9.25. The summed E-state index contributed by atoms with van der Waals surface area (Å²) in [6.45, 7) is 0.456. The van der Waals surface area contributed by atoms with E-state index in [4.69, 9.17) is 16.7 Å². The molecule has 1 aromatic heterocycles. The number of aliphatic hydroxyl groups excluding tert-OH is 1. The van der Waals surface area contributed by atoms with Crippen LogP contribution < -0.4 is 5.32 Å². The smallest absolute Gasteiger partial charge is 0.223 e. The van der Waals surface area contributed by atoms with Gasteiger partial charge in [-0.25, -0.2) is 9.97 Å². The number of hydrogen-bond acceptors (Lipinski definition) is 4. The SMILES string of the molecule is OCc1ccnc(NCc2ccccc2Cl)n1. The van der Waals surface area contributed by atoms with E-state index < -0.39 is 0 Å². The van der Waals surface area contributed by atoms with Gasteiger partial charge in [0.2, 0.25) is 5.95 Å². The van der Waals surface area contributed by atoms with Crippen molar-refractivity contribution >= 4 is 17.5 Å². The quantitative estimate of drug-likeness (QED) is 0.873. The minimum absolute atomic E-state index is 0.0940. The Bertz CT molecular complexity index is 505. The van der Waals surface area contributed by atoms with Crippen molar-refractivity contribution in [1.29, 1.82) is 0 Å². The second-order valence-corrected chi connectivity index (χ2v) is 3.88. The summed E-state index contributed by atoms with van der Waals surface area (Å²) in [5.74, 6) is 0.483. The molecule has 0 amide bonds. The fourth-order valence-electron chi connectivity index (χ4n) is 1.39. The largest absolute Gasteiger partial charge is 0.390 e. The number of rotatable bonds is 4. The predicted octanol–water partition coefficient (Wildman–Crippen LogP) is 2.23. The van der Waals surface area contributed by atoms with Gasteiger partial charge in [-0.3, -0.25) is 0 Å². The van der Waals surface area contributed by atoms with Crippen LogP contribution >= 0.6 is 11.6 Å². The number of anilines is 1.